The molecule has 1 amide bonds. The van der Waals surface area contributed by atoms with Gasteiger partial charge in [0.05, 0.1) is 6.10 Å². The summed E-state index contributed by atoms with van der Waals surface area (Å²) in [6.45, 7) is 5.70. The second-order valence-electron chi connectivity index (χ2n) is 11.1. The number of aromatic nitrogens is 2. The lowest BCUT2D eigenvalue weighted by molar-refractivity contribution is -0.156. The Balaban J connectivity index is 1.23. The molecule has 38 heavy (non-hydrogen) atoms. The van der Waals surface area contributed by atoms with Gasteiger partial charge >= 0.3 is 5.97 Å². The van der Waals surface area contributed by atoms with Crippen molar-refractivity contribution in [3.63, 3.8) is 0 Å². The van der Waals surface area contributed by atoms with Crippen LogP contribution in [-0.2, 0) is 16.0 Å². The number of aliphatic hydroxyl groups is 1. The van der Waals surface area contributed by atoms with Gasteiger partial charge in [-0.25, -0.2) is 0 Å². The molecule has 1 aromatic heterocycles. The third-order valence-corrected chi connectivity index (χ3v) is 7.77. The molecular formula is C30H37N3O4S. The van der Waals surface area contributed by atoms with E-state index in [1.54, 1.807) is 0 Å². The molecular weight excluding hydrogens is 498 g/mol. The summed E-state index contributed by atoms with van der Waals surface area (Å²) >= 11 is 1.33. The number of hydrogen-bond acceptors (Lipinski definition) is 7. The van der Waals surface area contributed by atoms with Crippen LogP contribution in [0.4, 0.5) is 5.13 Å². The van der Waals surface area contributed by atoms with E-state index >= 15 is 0 Å². The number of hydrogen-bond donors (Lipinski definition) is 2. The van der Waals surface area contributed by atoms with Crippen molar-refractivity contribution in [2.45, 2.75) is 83.3 Å². The molecule has 1 aliphatic rings. The van der Waals surface area contributed by atoms with Crippen molar-refractivity contribution in [1.29, 1.82) is 0 Å². The van der Waals surface area contributed by atoms with Crippen molar-refractivity contribution in [2.75, 3.05) is 5.32 Å². The summed E-state index contributed by atoms with van der Waals surface area (Å²) in [6, 6.07) is 17.3. The predicted molar refractivity (Wildman–Crippen MR) is 149 cm³/mol. The fourth-order valence-corrected chi connectivity index (χ4v) is 5.65. The van der Waals surface area contributed by atoms with Gasteiger partial charge in [0, 0.05) is 18.4 Å². The molecule has 0 saturated heterocycles. The third-order valence-electron chi connectivity index (χ3n) is 6.87. The van der Waals surface area contributed by atoms with Crippen LogP contribution in [0.5, 0.6) is 0 Å². The van der Waals surface area contributed by atoms with E-state index < -0.39 is 11.7 Å². The van der Waals surface area contributed by atoms with E-state index in [0.29, 0.717) is 41.8 Å². The van der Waals surface area contributed by atoms with E-state index in [0.717, 1.165) is 36.3 Å². The number of nitrogens with zero attached hydrogens (tertiary/aromatic N) is 2. The molecule has 202 valence electrons. The molecule has 1 heterocycles. The quantitative estimate of drug-likeness (QED) is 0.305. The van der Waals surface area contributed by atoms with Crippen LogP contribution in [0.3, 0.4) is 0 Å². The molecule has 0 spiro atoms. The Kier molecular flexibility index (Phi) is 9.28. The van der Waals surface area contributed by atoms with E-state index in [1.807, 2.05) is 75.4 Å². The topological polar surface area (TPSA) is 101 Å². The van der Waals surface area contributed by atoms with E-state index in [4.69, 9.17) is 4.74 Å². The summed E-state index contributed by atoms with van der Waals surface area (Å²) in [4.78, 5) is 24.9. The summed E-state index contributed by atoms with van der Waals surface area (Å²) < 4.78 is 5.48. The Morgan fingerprint density at radius 1 is 1.03 bits per heavy atom. The van der Waals surface area contributed by atoms with E-state index in [-0.39, 0.29) is 11.9 Å². The number of aliphatic hydroxyl groups excluding tert-OH is 1. The van der Waals surface area contributed by atoms with Gasteiger partial charge in [0.1, 0.15) is 10.6 Å². The minimum Gasteiger partial charge on any atom is -0.460 e. The van der Waals surface area contributed by atoms with Gasteiger partial charge in [0.2, 0.25) is 5.13 Å². The van der Waals surface area contributed by atoms with Gasteiger partial charge in [-0.2, -0.15) is 0 Å². The van der Waals surface area contributed by atoms with Crippen LogP contribution in [0.15, 0.2) is 54.6 Å². The summed E-state index contributed by atoms with van der Waals surface area (Å²) in [5.74, 6) is 0.497. The highest BCUT2D eigenvalue weighted by atomic mass is 32.1. The standard InChI is InChI=1S/C30H37N3O4S/c1-30(2,3)37-27(35)19-20-9-11-21(12-10-20)22-13-15-24(16-14-22)28(36)31-29-33-32-26(38-29)18-17-25(34)23-7-5-4-6-8-23/h4-8,13-16,20-21,25,34H,9-12,17-19H2,1-3H3,(H,31,33,36). The van der Waals surface area contributed by atoms with Crippen molar-refractivity contribution >= 4 is 28.3 Å². The van der Waals surface area contributed by atoms with Crippen molar-refractivity contribution in [3.8, 4) is 0 Å². The van der Waals surface area contributed by atoms with Crippen LogP contribution in [0.2, 0.25) is 0 Å². The maximum Gasteiger partial charge on any atom is 0.306 e. The van der Waals surface area contributed by atoms with Crippen LogP contribution in [0.25, 0.3) is 0 Å². The fourth-order valence-electron chi connectivity index (χ4n) is 4.90. The largest absolute Gasteiger partial charge is 0.460 e. The summed E-state index contributed by atoms with van der Waals surface area (Å²) in [5.41, 5.74) is 2.24. The highest BCUT2D eigenvalue weighted by Crippen LogP contribution is 2.37. The first-order valence-corrected chi connectivity index (χ1v) is 14.2. The third kappa shape index (κ3) is 8.20. The average Bonchev–Trinajstić information content (AvgIpc) is 3.34. The summed E-state index contributed by atoms with van der Waals surface area (Å²) in [7, 11) is 0. The number of carbonyl (C=O) groups is 2. The number of rotatable bonds is 9. The van der Waals surface area contributed by atoms with Gasteiger partial charge in [0.25, 0.3) is 5.91 Å². The molecule has 2 aromatic carbocycles. The first-order valence-electron chi connectivity index (χ1n) is 13.3. The zero-order chi connectivity index (χ0) is 27.1. The molecule has 3 aromatic rings. The van der Waals surface area contributed by atoms with Crippen LogP contribution in [0, 0.1) is 5.92 Å². The highest BCUT2D eigenvalue weighted by molar-refractivity contribution is 7.15. The van der Waals surface area contributed by atoms with Gasteiger partial charge in [-0.3, -0.25) is 14.9 Å². The number of ether oxygens (including phenoxy) is 1. The molecule has 0 aliphatic heterocycles. The minimum absolute atomic E-state index is 0.108. The lowest BCUT2D eigenvalue weighted by Crippen LogP contribution is -2.26. The Hall–Kier alpha value is -3.10. The maximum atomic E-state index is 12.8. The van der Waals surface area contributed by atoms with Crippen LogP contribution in [-0.4, -0.2) is 32.8 Å². The van der Waals surface area contributed by atoms with Gasteiger partial charge in [0.15, 0.2) is 0 Å². The molecule has 2 N–H and O–H groups in total. The predicted octanol–water partition coefficient (Wildman–Crippen LogP) is 6.46. The van der Waals surface area contributed by atoms with Crippen molar-refractivity contribution in [3.05, 3.63) is 76.3 Å². The minimum atomic E-state index is -0.559. The Morgan fingerprint density at radius 3 is 2.37 bits per heavy atom. The number of aryl methyl sites for hydroxylation is 1. The van der Waals surface area contributed by atoms with Crippen molar-refractivity contribution in [2.24, 2.45) is 5.92 Å². The second kappa shape index (κ2) is 12.6. The normalized spacial score (nSPS) is 18.5. The molecule has 1 saturated carbocycles. The van der Waals surface area contributed by atoms with Crippen molar-refractivity contribution < 1.29 is 19.4 Å². The van der Waals surface area contributed by atoms with E-state index in [9.17, 15) is 14.7 Å². The van der Waals surface area contributed by atoms with Crippen LogP contribution in [0.1, 0.15) is 97.8 Å². The van der Waals surface area contributed by atoms with Gasteiger partial charge in [-0.1, -0.05) is 53.8 Å². The molecule has 1 fully saturated rings. The number of nitrogens with one attached hydrogen (secondary N) is 1. The lowest BCUT2D eigenvalue weighted by Gasteiger charge is -2.29. The number of anilines is 1. The molecule has 0 radical (unpaired) electrons. The van der Waals surface area contributed by atoms with Gasteiger partial charge in [-0.15, -0.1) is 10.2 Å². The second-order valence-corrected chi connectivity index (χ2v) is 12.1. The SMILES string of the molecule is CC(C)(C)OC(=O)CC1CCC(c2ccc(C(=O)Nc3nnc(CCC(O)c4ccccc4)s3)cc2)CC1. The molecule has 0 bridgehead atoms. The van der Waals surface area contributed by atoms with Gasteiger partial charge in [-0.05, 0) is 88.0 Å². The van der Waals surface area contributed by atoms with E-state index in [1.165, 1.54) is 16.9 Å². The first-order chi connectivity index (χ1) is 18.2. The molecule has 4 rings (SSSR count). The lowest BCUT2D eigenvalue weighted by atomic mass is 9.77. The Labute approximate surface area is 228 Å². The molecule has 1 unspecified atom stereocenters. The zero-order valence-corrected chi connectivity index (χ0v) is 23.2. The monoisotopic (exact) mass is 535 g/mol. The first kappa shape index (κ1) is 27.9. The fraction of sp³-hybridized carbons (Fsp3) is 0.467. The molecule has 1 atom stereocenters. The number of amides is 1. The summed E-state index contributed by atoms with van der Waals surface area (Å²) in [6.07, 6.45) is 5.13. The van der Waals surface area contributed by atoms with Crippen LogP contribution >= 0.6 is 11.3 Å². The average molecular weight is 536 g/mol. The number of esters is 1. The number of benzene rings is 2. The maximum absolute atomic E-state index is 12.8. The number of carbonyl (C=O) groups excluding carboxylic acids is 2. The highest BCUT2D eigenvalue weighted by Gasteiger charge is 2.26. The molecule has 1 aliphatic carbocycles. The summed E-state index contributed by atoms with van der Waals surface area (Å²) in [5, 5.41) is 22.7. The van der Waals surface area contributed by atoms with Crippen molar-refractivity contribution in [1.82, 2.24) is 10.2 Å². The Bertz CT molecular complexity index is 1200. The molecule has 8 heteroatoms. The Morgan fingerprint density at radius 2 is 1.71 bits per heavy atom. The smallest absolute Gasteiger partial charge is 0.306 e. The van der Waals surface area contributed by atoms with Gasteiger partial charge < -0.3 is 9.84 Å². The molecule has 7 nitrogen and oxygen atoms in total. The zero-order valence-electron chi connectivity index (χ0n) is 22.4. The van der Waals surface area contributed by atoms with Crippen LogP contribution < -0.4 is 5.32 Å². The van der Waals surface area contributed by atoms with E-state index in [2.05, 4.69) is 15.5 Å².